The van der Waals surface area contributed by atoms with Crippen LogP contribution in [0.25, 0.3) is 0 Å². The Morgan fingerprint density at radius 2 is 2.04 bits per heavy atom. The van der Waals surface area contributed by atoms with Gasteiger partial charge in [0.1, 0.15) is 11.9 Å². The van der Waals surface area contributed by atoms with Crippen LogP contribution in [0.4, 0.5) is 14.9 Å². The number of anilines is 1. The highest BCUT2D eigenvalue weighted by atomic mass is 35.5. The molecule has 1 heterocycles. The number of likely N-dealkylation sites (tertiary alicyclic amines) is 1. The van der Waals surface area contributed by atoms with Gasteiger partial charge in [-0.1, -0.05) is 11.6 Å². The van der Waals surface area contributed by atoms with Gasteiger partial charge in [0.05, 0.1) is 0 Å². The predicted molar refractivity (Wildman–Crippen MR) is 92.3 cm³/mol. The lowest BCUT2D eigenvalue weighted by atomic mass is 10.0. The second-order valence-corrected chi connectivity index (χ2v) is 7.13. The number of carboxylic acid groups (broad SMARTS) is 1. The van der Waals surface area contributed by atoms with Crippen LogP contribution < -0.4 is 10.6 Å². The molecule has 2 fully saturated rings. The monoisotopic (exact) mass is 369 g/mol. The van der Waals surface area contributed by atoms with Crippen molar-refractivity contribution < 1.29 is 19.1 Å². The molecule has 1 saturated carbocycles. The number of carbonyl (C=O) groups is 2. The third-order valence-corrected chi connectivity index (χ3v) is 4.82. The first-order valence-corrected chi connectivity index (χ1v) is 8.81. The first-order chi connectivity index (χ1) is 11.9. The van der Waals surface area contributed by atoms with Gasteiger partial charge in [0.25, 0.3) is 0 Å². The van der Waals surface area contributed by atoms with Gasteiger partial charge in [0, 0.05) is 29.8 Å². The topological polar surface area (TPSA) is 81.7 Å². The van der Waals surface area contributed by atoms with Crippen molar-refractivity contribution in [3.8, 4) is 0 Å². The minimum absolute atomic E-state index is 0.180. The average Bonchev–Trinajstić information content (AvgIpc) is 3.36. The normalized spacial score (nSPS) is 21.5. The standard InChI is InChI=1S/C17H21ClFN3O3/c18-11-6-12(19)8-14(7-11)20-15(10-3-4-10)16(23)21-13-2-1-5-22(9-13)17(24)25/h6-8,10,13,15,20H,1-5,9H2,(H,21,23)(H,24,25)/t13?,15-/m1/s1. The Morgan fingerprint density at radius 1 is 1.28 bits per heavy atom. The maximum absolute atomic E-state index is 13.5. The fourth-order valence-corrected chi connectivity index (χ4v) is 3.43. The number of rotatable bonds is 5. The highest BCUT2D eigenvalue weighted by Gasteiger charge is 2.37. The van der Waals surface area contributed by atoms with E-state index in [1.807, 2.05) is 0 Å². The second-order valence-electron chi connectivity index (χ2n) is 6.69. The van der Waals surface area contributed by atoms with Crippen molar-refractivity contribution >= 4 is 29.3 Å². The first-order valence-electron chi connectivity index (χ1n) is 8.43. The van der Waals surface area contributed by atoms with Crippen LogP contribution in [0.3, 0.4) is 0 Å². The van der Waals surface area contributed by atoms with E-state index in [2.05, 4.69) is 10.6 Å². The Labute approximate surface area is 150 Å². The number of amides is 2. The molecule has 6 nitrogen and oxygen atoms in total. The van der Waals surface area contributed by atoms with Crippen LogP contribution in [0.2, 0.25) is 5.02 Å². The Bertz CT molecular complexity index is 648. The molecule has 0 bridgehead atoms. The Kier molecular flexibility index (Phi) is 5.32. The molecule has 1 aromatic rings. The fourth-order valence-electron chi connectivity index (χ4n) is 3.20. The molecule has 0 aromatic heterocycles. The molecular formula is C17H21ClFN3O3. The van der Waals surface area contributed by atoms with E-state index in [0.29, 0.717) is 18.8 Å². The van der Waals surface area contributed by atoms with E-state index in [1.165, 1.54) is 17.0 Å². The number of piperidine rings is 1. The molecule has 8 heteroatoms. The van der Waals surface area contributed by atoms with Crippen molar-refractivity contribution in [3.05, 3.63) is 29.0 Å². The number of hydrogen-bond acceptors (Lipinski definition) is 3. The van der Waals surface area contributed by atoms with Gasteiger partial charge >= 0.3 is 6.09 Å². The van der Waals surface area contributed by atoms with Crippen LogP contribution in [-0.4, -0.2) is 47.2 Å². The molecule has 2 atom stereocenters. The number of nitrogens with one attached hydrogen (secondary N) is 2. The van der Waals surface area contributed by atoms with Crippen molar-refractivity contribution in [3.63, 3.8) is 0 Å². The highest BCUT2D eigenvalue weighted by Crippen LogP contribution is 2.35. The van der Waals surface area contributed by atoms with Crippen LogP contribution >= 0.6 is 11.6 Å². The smallest absolute Gasteiger partial charge is 0.407 e. The van der Waals surface area contributed by atoms with E-state index in [1.54, 1.807) is 6.07 Å². The van der Waals surface area contributed by atoms with Crippen LogP contribution in [0.1, 0.15) is 25.7 Å². The molecule has 25 heavy (non-hydrogen) atoms. The molecule has 136 valence electrons. The second kappa shape index (κ2) is 7.47. The third-order valence-electron chi connectivity index (χ3n) is 4.60. The number of benzene rings is 1. The highest BCUT2D eigenvalue weighted by molar-refractivity contribution is 6.30. The number of halogens is 2. The summed E-state index contributed by atoms with van der Waals surface area (Å²) in [6.07, 6.45) is 2.36. The summed E-state index contributed by atoms with van der Waals surface area (Å²) in [4.78, 5) is 25.1. The molecule has 0 radical (unpaired) electrons. The first kappa shape index (κ1) is 17.8. The van der Waals surface area contributed by atoms with Gasteiger partial charge in [0.2, 0.25) is 5.91 Å². The summed E-state index contributed by atoms with van der Waals surface area (Å²) >= 11 is 5.87. The zero-order chi connectivity index (χ0) is 18.0. The lowest BCUT2D eigenvalue weighted by Gasteiger charge is -2.32. The van der Waals surface area contributed by atoms with Crippen LogP contribution in [0.5, 0.6) is 0 Å². The van der Waals surface area contributed by atoms with E-state index in [-0.39, 0.29) is 22.9 Å². The van der Waals surface area contributed by atoms with Crippen molar-refractivity contribution in [2.24, 2.45) is 5.92 Å². The lowest BCUT2D eigenvalue weighted by Crippen LogP contribution is -2.52. The van der Waals surface area contributed by atoms with Crippen LogP contribution in [0.15, 0.2) is 18.2 Å². The Morgan fingerprint density at radius 3 is 2.68 bits per heavy atom. The van der Waals surface area contributed by atoms with Crippen LogP contribution in [-0.2, 0) is 4.79 Å². The molecule has 1 aromatic carbocycles. The van der Waals surface area contributed by atoms with E-state index in [9.17, 15) is 14.0 Å². The molecule has 1 aliphatic carbocycles. The maximum Gasteiger partial charge on any atom is 0.407 e. The summed E-state index contributed by atoms with van der Waals surface area (Å²) in [5.41, 5.74) is 0.466. The lowest BCUT2D eigenvalue weighted by molar-refractivity contribution is -0.123. The molecule has 3 rings (SSSR count). The molecule has 1 aliphatic heterocycles. The van der Waals surface area contributed by atoms with Gasteiger partial charge in [0.15, 0.2) is 0 Å². The molecule has 2 aliphatic rings. The third kappa shape index (κ3) is 4.75. The summed E-state index contributed by atoms with van der Waals surface area (Å²) in [5.74, 6) is -0.448. The summed E-state index contributed by atoms with van der Waals surface area (Å²) in [7, 11) is 0. The van der Waals surface area contributed by atoms with Gasteiger partial charge in [-0.15, -0.1) is 0 Å². The van der Waals surface area contributed by atoms with Crippen molar-refractivity contribution in [1.82, 2.24) is 10.2 Å². The summed E-state index contributed by atoms with van der Waals surface area (Å²) in [6, 6.07) is 3.43. The van der Waals surface area contributed by atoms with Crippen LogP contribution in [0, 0.1) is 11.7 Å². The zero-order valence-electron chi connectivity index (χ0n) is 13.7. The quantitative estimate of drug-likeness (QED) is 0.745. The largest absolute Gasteiger partial charge is 0.465 e. The minimum Gasteiger partial charge on any atom is -0.465 e. The Hall–Kier alpha value is -2.02. The van der Waals surface area contributed by atoms with E-state index in [0.717, 1.165) is 25.7 Å². The van der Waals surface area contributed by atoms with E-state index >= 15 is 0 Å². The molecule has 1 saturated heterocycles. The molecule has 2 amide bonds. The van der Waals surface area contributed by atoms with Gasteiger partial charge < -0.3 is 20.6 Å². The van der Waals surface area contributed by atoms with Crippen molar-refractivity contribution in [1.29, 1.82) is 0 Å². The number of carbonyl (C=O) groups excluding carboxylic acids is 1. The number of hydrogen-bond donors (Lipinski definition) is 3. The van der Waals surface area contributed by atoms with Crippen molar-refractivity contribution in [2.45, 2.75) is 37.8 Å². The van der Waals surface area contributed by atoms with Gasteiger partial charge in [-0.2, -0.15) is 0 Å². The summed E-state index contributed by atoms with van der Waals surface area (Å²) in [5, 5.41) is 15.4. The van der Waals surface area contributed by atoms with Gasteiger partial charge in [-0.3, -0.25) is 4.79 Å². The minimum atomic E-state index is -0.967. The number of nitrogens with zero attached hydrogens (tertiary/aromatic N) is 1. The molecular weight excluding hydrogens is 349 g/mol. The van der Waals surface area contributed by atoms with Crippen molar-refractivity contribution in [2.75, 3.05) is 18.4 Å². The van der Waals surface area contributed by atoms with E-state index in [4.69, 9.17) is 16.7 Å². The summed E-state index contributed by atoms with van der Waals surface area (Å²) in [6.45, 7) is 0.790. The SMILES string of the molecule is O=C(NC1CCCN(C(=O)O)C1)[C@H](Nc1cc(F)cc(Cl)c1)C1CC1. The maximum atomic E-state index is 13.5. The van der Waals surface area contributed by atoms with Gasteiger partial charge in [-0.05, 0) is 49.8 Å². The molecule has 1 unspecified atom stereocenters. The average molecular weight is 370 g/mol. The molecule has 0 spiro atoms. The van der Waals surface area contributed by atoms with Gasteiger partial charge in [-0.25, -0.2) is 9.18 Å². The Balaban J connectivity index is 1.64. The predicted octanol–water partition coefficient (Wildman–Crippen LogP) is 2.93. The van der Waals surface area contributed by atoms with E-state index < -0.39 is 18.0 Å². The summed E-state index contributed by atoms with van der Waals surface area (Å²) < 4.78 is 13.5. The molecule has 3 N–H and O–H groups in total. The fraction of sp³-hybridized carbons (Fsp3) is 0.529. The zero-order valence-corrected chi connectivity index (χ0v) is 14.4.